The van der Waals surface area contributed by atoms with E-state index in [1.165, 1.54) is 0 Å². The minimum absolute atomic E-state index is 0.121. The Morgan fingerprint density at radius 1 is 1.30 bits per heavy atom. The first-order valence-electron chi connectivity index (χ1n) is 6.72. The first kappa shape index (κ1) is 14.4. The third-order valence-electron chi connectivity index (χ3n) is 3.22. The highest BCUT2D eigenvalue weighted by Crippen LogP contribution is 2.30. The number of hydrogen-bond acceptors (Lipinski definition) is 4. The SMILES string of the molecule is CCNC(Cc1ncc[nH]1)c1cc(OC)ccc1OC. The molecule has 0 saturated carbocycles. The molecule has 0 aliphatic heterocycles. The Kier molecular flexibility index (Phi) is 5.01. The van der Waals surface area contributed by atoms with Crippen LogP contribution >= 0.6 is 0 Å². The molecule has 0 aliphatic carbocycles. The minimum atomic E-state index is 0.121. The van der Waals surface area contributed by atoms with Gasteiger partial charge in [-0.2, -0.15) is 0 Å². The Balaban J connectivity index is 2.31. The number of nitrogens with one attached hydrogen (secondary N) is 2. The number of imidazole rings is 1. The van der Waals surface area contributed by atoms with Crippen LogP contribution < -0.4 is 14.8 Å². The van der Waals surface area contributed by atoms with Gasteiger partial charge in [0.2, 0.25) is 0 Å². The summed E-state index contributed by atoms with van der Waals surface area (Å²) < 4.78 is 10.8. The maximum atomic E-state index is 5.47. The third-order valence-corrected chi connectivity index (χ3v) is 3.22. The molecule has 0 spiro atoms. The van der Waals surface area contributed by atoms with E-state index >= 15 is 0 Å². The molecule has 0 fully saturated rings. The van der Waals surface area contributed by atoms with Gasteiger partial charge in [-0.05, 0) is 24.7 Å². The Bertz CT molecular complexity index is 526. The molecule has 2 N–H and O–H groups in total. The number of hydrogen-bond donors (Lipinski definition) is 2. The van der Waals surface area contributed by atoms with Gasteiger partial charge in [0.05, 0.1) is 14.2 Å². The van der Waals surface area contributed by atoms with E-state index in [9.17, 15) is 0 Å². The van der Waals surface area contributed by atoms with E-state index in [0.717, 1.165) is 35.9 Å². The van der Waals surface area contributed by atoms with Gasteiger partial charge in [0.1, 0.15) is 17.3 Å². The van der Waals surface area contributed by atoms with Crippen LogP contribution in [-0.4, -0.2) is 30.7 Å². The number of aromatic nitrogens is 2. The second kappa shape index (κ2) is 6.96. The fraction of sp³-hybridized carbons (Fsp3) is 0.400. The van der Waals surface area contributed by atoms with Crippen molar-refractivity contribution in [3.05, 3.63) is 42.0 Å². The van der Waals surface area contributed by atoms with E-state index < -0.39 is 0 Å². The summed E-state index contributed by atoms with van der Waals surface area (Å²) in [5, 5.41) is 3.47. The maximum Gasteiger partial charge on any atom is 0.123 e. The molecule has 20 heavy (non-hydrogen) atoms. The van der Waals surface area contributed by atoms with Crippen LogP contribution in [0.2, 0.25) is 0 Å². The summed E-state index contributed by atoms with van der Waals surface area (Å²) in [5.41, 5.74) is 1.07. The molecule has 0 amide bonds. The van der Waals surface area contributed by atoms with Crippen molar-refractivity contribution in [1.29, 1.82) is 0 Å². The lowest BCUT2D eigenvalue weighted by Gasteiger charge is -2.20. The molecule has 1 atom stereocenters. The van der Waals surface area contributed by atoms with E-state index in [4.69, 9.17) is 9.47 Å². The number of benzene rings is 1. The van der Waals surface area contributed by atoms with Crippen LogP contribution in [0.5, 0.6) is 11.5 Å². The predicted octanol–water partition coefficient (Wildman–Crippen LogP) is 2.32. The fourth-order valence-corrected chi connectivity index (χ4v) is 2.25. The molecule has 5 heteroatoms. The number of aromatic amines is 1. The molecule has 0 bridgehead atoms. The van der Waals surface area contributed by atoms with Gasteiger partial charge in [0.25, 0.3) is 0 Å². The molecule has 1 aromatic carbocycles. The van der Waals surface area contributed by atoms with Crippen LogP contribution in [0, 0.1) is 0 Å². The zero-order valence-corrected chi connectivity index (χ0v) is 12.1. The smallest absolute Gasteiger partial charge is 0.123 e. The fourth-order valence-electron chi connectivity index (χ4n) is 2.25. The number of likely N-dealkylation sites (N-methyl/N-ethyl adjacent to an activating group) is 1. The van der Waals surface area contributed by atoms with Crippen LogP contribution in [0.4, 0.5) is 0 Å². The van der Waals surface area contributed by atoms with Crippen LogP contribution in [0.3, 0.4) is 0 Å². The second-order valence-corrected chi connectivity index (χ2v) is 4.46. The van der Waals surface area contributed by atoms with Gasteiger partial charge >= 0.3 is 0 Å². The molecule has 0 saturated heterocycles. The first-order valence-corrected chi connectivity index (χ1v) is 6.72. The largest absolute Gasteiger partial charge is 0.497 e. The molecule has 1 heterocycles. The Hall–Kier alpha value is -2.01. The van der Waals surface area contributed by atoms with Crippen molar-refractivity contribution in [3.8, 4) is 11.5 Å². The highest BCUT2D eigenvalue weighted by Gasteiger charge is 2.18. The average Bonchev–Trinajstić information content (AvgIpc) is 2.99. The molecule has 108 valence electrons. The number of rotatable bonds is 7. The number of nitrogens with zero attached hydrogens (tertiary/aromatic N) is 1. The highest BCUT2D eigenvalue weighted by atomic mass is 16.5. The van der Waals surface area contributed by atoms with E-state index in [1.54, 1.807) is 20.4 Å². The monoisotopic (exact) mass is 275 g/mol. The standard InChI is InChI=1S/C15H21N3O2/c1-4-16-13(10-15-17-7-8-18-15)12-9-11(19-2)5-6-14(12)20-3/h5-9,13,16H,4,10H2,1-3H3,(H,17,18). The Morgan fingerprint density at radius 2 is 2.15 bits per heavy atom. The van der Waals surface area contributed by atoms with Crippen LogP contribution in [-0.2, 0) is 6.42 Å². The summed E-state index contributed by atoms with van der Waals surface area (Å²) in [6, 6.07) is 5.96. The Morgan fingerprint density at radius 3 is 2.75 bits per heavy atom. The second-order valence-electron chi connectivity index (χ2n) is 4.46. The average molecular weight is 275 g/mol. The molecule has 2 rings (SSSR count). The first-order chi connectivity index (χ1) is 9.78. The molecule has 2 aromatic rings. The molecule has 5 nitrogen and oxygen atoms in total. The van der Waals surface area contributed by atoms with Gasteiger partial charge in [-0.3, -0.25) is 0 Å². The summed E-state index contributed by atoms with van der Waals surface area (Å²) in [7, 11) is 3.35. The lowest BCUT2D eigenvalue weighted by Crippen LogP contribution is -2.24. The summed E-state index contributed by atoms with van der Waals surface area (Å²) >= 11 is 0. The van der Waals surface area contributed by atoms with Crippen molar-refractivity contribution in [2.45, 2.75) is 19.4 Å². The summed E-state index contributed by atoms with van der Waals surface area (Å²) in [6.07, 6.45) is 4.37. The molecule has 0 aliphatic rings. The third kappa shape index (κ3) is 3.30. The summed E-state index contributed by atoms with van der Waals surface area (Å²) in [4.78, 5) is 7.43. The zero-order valence-electron chi connectivity index (χ0n) is 12.1. The van der Waals surface area contributed by atoms with Crippen molar-refractivity contribution in [2.75, 3.05) is 20.8 Å². The van der Waals surface area contributed by atoms with Gasteiger partial charge in [0.15, 0.2) is 0 Å². The predicted molar refractivity (Wildman–Crippen MR) is 78.3 cm³/mol. The van der Waals surface area contributed by atoms with Crippen molar-refractivity contribution in [3.63, 3.8) is 0 Å². The van der Waals surface area contributed by atoms with E-state index in [1.807, 2.05) is 24.4 Å². The van der Waals surface area contributed by atoms with Gasteiger partial charge in [0, 0.05) is 30.4 Å². The zero-order chi connectivity index (χ0) is 14.4. The van der Waals surface area contributed by atoms with Gasteiger partial charge in [-0.15, -0.1) is 0 Å². The van der Waals surface area contributed by atoms with Crippen molar-refractivity contribution in [2.24, 2.45) is 0 Å². The molecule has 1 aromatic heterocycles. The van der Waals surface area contributed by atoms with Gasteiger partial charge < -0.3 is 19.8 Å². The van der Waals surface area contributed by atoms with Crippen molar-refractivity contribution in [1.82, 2.24) is 15.3 Å². The van der Waals surface area contributed by atoms with Crippen molar-refractivity contribution >= 4 is 0 Å². The summed E-state index contributed by atoms with van der Waals surface area (Å²) in [6.45, 7) is 2.95. The lowest BCUT2D eigenvalue weighted by molar-refractivity contribution is 0.389. The quantitative estimate of drug-likeness (QED) is 0.814. The maximum absolute atomic E-state index is 5.47. The number of methoxy groups -OCH3 is 2. The molecular formula is C15H21N3O2. The van der Waals surface area contributed by atoms with Gasteiger partial charge in [-0.1, -0.05) is 6.92 Å². The van der Waals surface area contributed by atoms with E-state index in [-0.39, 0.29) is 6.04 Å². The minimum Gasteiger partial charge on any atom is -0.497 e. The van der Waals surface area contributed by atoms with Crippen molar-refractivity contribution < 1.29 is 9.47 Å². The normalized spacial score (nSPS) is 12.2. The molecule has 0 radical (unpaired) electrons. The number of ether oxygens (including phenoxy) is 2. The van der Waals surface area contributed by atoms with E-state index in [2.05, 4.69) is 22.2 Å². The summed E-state index contributed by atoms with van der Waals surface area (Å²) in [5.74, 6) is 2.62. The Labute approximate surface area is 119 Å². The highest BCUT2D eigenvalue weighted by molar-refractivity contribution is 5.42. The van der Waals surface area contributed by atoms with E-state index in [0.29, 0.717) is 0 Å². The number of H-pyrrole nitrogens is 1. The van der Waals surface area contributed by atoms with Crippen LogP contribution in [0.1, 0.15) is 24.4 Å². The molecular weight excluding hydrogens is 254 g/mol. The van der Waals surface area contributed by atoms with Gasteiger partial charge in [-0.25, -0.2) is 4.98 Å². The van der Waals surface area contributed by atoms with Crippen LogP contribution in [0.15, 0.2) is 30.6 Å². The molecule has 1 unspecified atom stereocenters. The van der Waals surface area contributed by atoms with Crippen LogP contribution in [0.25, 0.3) is 0 Å². The topological polar surface area (TPSA) is 59.2 Å². The lowest BCUT2D eigenvalue weighted by atomic mass is 10.0.